The van der Waals surface area contributed by atoms with Gasteiger partial charge in [0.2, 0.25) is 5.69 Å². The number of nitriles is 1. The van der Waals surface area contributed by atoms with Gasteiger partial charge in [-0.05, 0) is 9.91 Å². The molecule has 0 fully saturated rings. The monoisotopic (exact) mass is 233 g/mol. The van der Waals surface area contributed by atoms with Crippen molar-refractivity contribution >= 4 is 17.4 Å². The topological polar surface area (TPSA) is 79.8 Å². The van der Waals surface area contributed by atoms with Gasteiger partial charge in [-0.1, -0.05) is 11.6 Å². The number of nitrogens with zero attached hydrogens (tertiary/aromatic N) is 3. The van der Waals surface area contributed by atoms with E-state index in [1.54, 1.807) is 0 Å². The molecule has 1 aromatic heterocycles. The number of hydrogen-bond donors (Lipinski definition) is 0. The molecule has 8 heteroatoms. The Morgan fingerprint density at radius 2 is 2.27 bits per heavy atom. The van der Waals surface area contributed by atoms with Crippen molar-refractivity contribution in [1.82, 2.24) is 4.98 Å². The minimum Gasteiger partial charge on any atom is -0.358 e. The highest BCUT2D eigenvalue weighted by atomic mass is 35.5. The number of hydrogen-bond acceptors (Lipinski definition) is 4. The smallest absolute Gasteiger partial charge is 0.358 e. The summed E-state index contributed by atoms with van der Waals surface area (Å²) in [6.45, 7) is 0. The molecule has 0 radical (unpaired) electrons. The van der Waals surface area contributed by atoms with Crippen molar-refractivity contribution in [3.8, 4) is 6.07 Å². The molecule has 0 unspecified atom stereocenters. The number of pyridine rings is 1. The highest BCUT2D eigenvalue weighted by molar-refractivity contribution is 6.32. The lowest BCUT2D eigenvalue weighted by Gasteiger charge is -1.99. The fraction of sp³-hybridized carbons (Fsp3) is 0.143. The summed E-state index contributed by atoms with van der Waals surface area (Å²) in [7, 11) is 0. The summed E-state index contributed by atoms with van der Waals surface area (Å²) >= 11 is 5.42. The van der Waals surface area contributed by atoms with Gasteiger partial charge in [-0.2, -0.15) is 5.26 Å². The molecule has 0 N–H and O–H groups in total. The molecule has 1 aromatic rings. The van der Waals surface area contributed by atoms with Gasteiger partial charge in [0.05, 0.1) is 5.02 Å². The number of alkyl halides is 2. The fourth-order valence-electron chi connectivity index (χ4n) is 0.867. The number of rotatable bonds is 2. The van der Waals surface area contributed by atoms with Crippen molar-refractivity contribution in [3.63, 3.8) is 0 Å². The van der Waals surface area contributed by atoms with Gasteiger partial charge >= 0.3 is 12.2 Å². The van der Waals surface area contributed by atoms with Gasteiger partial charge in [-0.15, -0.1) is 0 Å². The fourth-order valence-corrected chi connectivity index (χ4v) is 1.11. The third kappa shape index (κ3) is 2.16. The predicted octanol–water partition coefficient (Wildman–Crippen LogP) is 2.45. The quantitative estimate of drug-likeness (QED) is 0.580. The number of nitro groups is 1. The van der Waals surface area contributed by atoms with E-state index in [2.05, 4.69) is 4.98 Å². The molecular weight excluding hydrogens is 232 g/mol. The lowest BCUT2D eigenvalue weighted by molar-refractivity contribution is -0.390. The molecule has 0 aliphatic carbocycles. The Kier molecular flexibility index (Phi) is 3.11. The van der Waals surface area contributed by atoms with E-state index in [0.717, 1.165) is 6.07 Å². The van der Waals surface area contributed by atoms with E-state index in [0.29, 0.717) is 0 Å². The number of halogens is 3. The second-order valence-electron chi connectivity index (χ2n) is 2.40. The average Bonchev–Trinajstić information content (AvgIpc) is 2.16. The van der Waals surface area contributed by atoms with E-state index in [9.17, 15) is 18.9 Å². The van der Waals surface area contributed by atoms with Crippen molar-refractivity contribution in [3.05, 3.63) is 32.5 Å². The summed E-state index contributed by atoms with van der Waals surface area (Å²) in [6.07, 6.45) is -2.98. The van der Waals surface area contributed by atoms with Crippen LogP contribution in [-0.4, -0.2) is 9.91 Å². The second-order valence-corrected chi connectivity index (χ2v) is 2.80. The van der Waals surface area contributed by atoms with Crippen LogP contribution in [-0.2, 0) is 0 Å². The van der Waals surface area contributed by atoms with Gasteiger partial charge in [0, 0.05) is 6.07 Å². The lowest BCUT2D eigenvalue weighted by atomic mass is 10.2. The summed E-state index contributed by atoms with van der Waals surface area (Å²) < 4.78 is 24.4. The maximum atomic E-state index is 12.2. The van der Waals surface area contributed by atoms with E-state index in [-0.39, 0.29) is 0 Å². The van der Waals surface area contributed by atoms with Crippen LogP contribution in [0.5, 0.6) is 0 Å². The molecular formula is C7H2ClF2N3O2. The molecule has 0 aliphatic rings. The first-order valence-electron chi connectivity index (χ1n) is 3.50. The van der Waals surface area contributed by atoms with Gasteiger partial charge in [0.25, 0.3) is 0 Å². The maximum absolute atomic E-state index is 12.2. The summed E-state index contributed by atoms with van der Waals surface area (Å²) in [4.78, 5) is 12.4. The molecule has 0 amide bonds. The van der Waals surface area contributed by atoms with Crippen LogP contribution in [0.2, 0.25) is 5.02 Å². The zero-order valence-corrected chi connectivity index (χ0v) is 7.70. The third-order valence-corrected chi connectivity index (χ3v) is 1.78. The highest BCUT2D eigenvalue weighted by Gasteiger charge is 2.25. The molecule has 15 heavy (non-hydrogen) atoms. The highest BCUT2D eigenvalue weighted by Crippen LogP contribution is 2.28. The Bertz CT molecular complexity index is 458. The molecule has 1 rings (SSSR count). The minimum atomic E-state index is -2.98. The van der Waals surface area contributed by atoms with Crippen LogP contribution in [0.1, 0.15) is 17.7 Å². The van der Waals surface area contributed by atoms with E-state index < -0.39 is 33.4 Å². The van der Waals surface area contributed by atoms with E-state index >= 15 is 0 Å². The van der Waals surface area contributed by atoms with Crippen molar-refractivity contribution in [1.29, 1.82) is 5.26 Å². The zero-order valence-electron chi connectivity index (χ0n) is 6.95. The van der Waals surface area contributed by atoms with Crippen molar-refractivity contribution in [2.75, 3.05) is 0 Å². The Labute approximate surface area is 87.1 Å². The summed E-state index contributed by atoms with van der Waals surface area (Å²) in [5, 5.41) is 18.5. The van der Waals surface area contributed by atoms with Gasteiger partial charge in [-0.25, -0.2) is 8.78 Å². The Morgan fingerprint density at radius 1 is 1.67 bits per heavy atom. The maximum Gasteiger partial charge on any atom is 0.383 e. The van der Waals surface area contributed by atoms with Crippen LogP contribution in [0.3, 0.4) is 0 Å². The molecule has 0 atom stereocenters. The first-order chi connectivity index (χ1) is 6.97. The van der Waals surface area contributed by atoms with Crippen LogP contribution in [0.4, 0.5) is 14.6 Å². The van der Waals surface area contributed by atoms with E-state index in [1.807, 2.05) is 0 Å². The first-order valence-corrected chi connectivity index (χ1v) is 3.88. The Hall–Kier alpha value is -1.81. The van der Waals surface area contributed by atoms with Crippen molar-refractivity contribution in [2.24, 2.45) is 0 Å². The normalized spacial score (nSPS) is 10.1. The van der Waals surface area contributed by atoms with Crippen LogP contribution in [0.15, 0.2) is 6.07 Å². The summed E-state index contributed by atoms with van der Waals surface area (Å²) in [5.74, 6) is -0.958. The molecule has 5 nitrogen and oxygen atoms in total. The molecule has 78 valence electrons. The second kappa shape index (κ2) is 4.14. The standard InChI is InChI=1S/C7H2ClF2N3O2/c8-4-1-5(6(9)10)12-7(13(14)15)3(4)2-11/h1,6H. The van der Waals surface area contributed by atoms with Crippen LogP contribution < -0.4 is 0 Å². The zero-order chi connectivity index (χ0) is 11.6. The van der Waals surface area contributed by atoms with Gasteiger partial charge in [-0.3, -0.25) is 0 Å². The SMILES string of the molecule is N#Cc1c(Cl)cc(C(F)F)nc1[N+](=O)[O-]. The van der Waals surface area contributed by atoms with Crippen molar-refractivity contribution < 1.29 is 13.7 Å². The van der Waals surface area contributed by atoms with E-state index in [4.69, 9.17) is 16.9 Å². The van der Waals surface area contributed by atoms with Crippen molar-refractivity contribution in [2.45, 2.75) is 6.43 Å². The van der Waals surface area contributed by atoms with Gasteiger partial charge < -0.3 is 10.1 Å². The first kappa shape index (κ1) is 11.3. The average molecular weight is 234 g/mol. The molecule has 0 saturated heterocycles. The molecule has 0 aliphatic heterocycles. The van der Waals surface area contributed by atoms with E-state index in [1.165, 1.54) is 6.07 Å². The Balaban J connectivity index is 3.47. The number of aromatic nitrogens is 1. The van der Waals surface area contributed by atoms with Crippen LogP contribution >= 0.6 is 11.6 Å². The molecule has 1 heterocycles. The van der Waals surface area contributed by atoms with Crippen LogP contribution in [0, 0.1) is 21.4 Å². The minimum absolute atomic E-state index is 0.408. The lowest BCUT2D eigenvalue weighted by Crippen LogP contribution is -2.01. The predicted molar refractivity (Wildman–Crippen MR) is 45.6 cm³/mol. The van der Waals surface area contributed by atoms with Gasteiger partial charge in [0.15, 0.2) is 5.56 Å². The Morgan fingerprint density at radius 3 is 2.67 bits per heavy atom. The van der Waals surface area contributed by atoms with Crippen LogP contribution in [0.25, 0.3) is 0 Å². The summed E-state index contributed by atoms with van der Waals surface area (Å²) in [5.41, 5.74) is -1.35. The molecule has 0 bridgehead atoms. The molecule has 0 aromatic carbocycles. The summed E-state index contributed by atoms with van der Waals surface area (Å²) in [6, 6.07) is 2.16. The third-order valence-electron chi connectivity index (χ3n) is 1.48. The van der Waals surface area contributed by atoms with Gasteiger partial charge in [0.1, 0.15) is 6.07 Å². The molecule has 0 saturated carbocycles. The largest absolute Gasteiger partial charge is 0.383 e. The molecule has 0 spiro atoms.